The summed E-state index contributed by atoms with van der Waals surface area (Å²) in [6, 6.07) is 1.85. The molecule has 0 bridgehead atoms. The summed E-state index contributed by atoms with van der Waals surface area (Å²) in [5.41, 5.74) is 6.21. The van der Waals surface area contributed by atoms with Crippen LogP contribution in [0.25, 0.3) is 0 Å². The Morgan fingerprint density at radius 2 is 2.46 bits per heavy atom. The van der Waals surface area contributed by atoms with E-state index in [4.69, 9.17) is 10.3 Å². The highest BCUT2D eigenvalue weighted by Gasteiger charge is 2.02. The van der Waals surface area contributed by atoms with Gasteiger partial charge in [-0.1, -0.05) is 10.4 Å². The van der Waals surface area contributed by atoms with Gasteiger partial charge in [0.05, 0.1) is 12.7 Å². The van der Waals surface area contributed by atoms with Crippen LogP contribution in [0, 0.1) is 6.92 Å². The zero-order chi connectivity index (χ0) is 9.26. The Bertz CT molecular complexity index is 366. The van der Waals surface area contributed by atoms with E-state index < -0.39 is 0 Å². The second-order valence-electron chi connectivity index (χ2n) is 2.77. The highest BCUT2D eigenvalue weighted by atomic mass is 16.5. The van der Waals surface area contributed by atoms with Crippen molar-refractivity contribution in [2.75, 3.05) is 5.73 Å². The van der Waals surface area contributed by atoms with E-state index in [9.17, 15) is 0 Å². The lowest BCUT2D eigenvalue weighted by Gasteiger charge is -1.92. The monoisotopic (exact) mass is 179 g/mol. The number of nitrogens with two attached hydrogens (primary N) is 1. The maximum Gasteiger partial charge on any atom is 0.165 e. The third kappa shape index (κ3) is 1.66. The van der Waals surface area contributed by atoms with E-state index in [1.54, 1.807) is 10.9 Å². The number of aromatic nitrogens is 4. The fourth-order valence-corrected chi connectivity index (χ4v) is 1.05. The van der Waals surface area contributed by atoms with Crippen LogP contribution in [0.1, 0.15) is 11.5 Å². The molecule has 0 unspecified atom stereocenters. The summed E-state index contributed by atoms with van der Waals surface area (Å²) in [5.74, 6) is 1.18. The first-order chi connectivity index (χ1) is 6.24. The topological polar surface area (TPSA) is 82.8 Å². The van der Waals surface area contributed by atoms with Crippen LogP contribution in [0.2, 0.25) is 0 Å². The summed E-state index contributed by atoms with van der Waals surface area (Å²) >= 11 is 0. The lowest BCUT2D eigenvalue weighted by Crippen LogP contribution is -2.00. The van der Waals surface area contributed by atoms with E-state index in [0.717, 1.165) is 11.5 Å². The maximum atomic E-state index is 5.40. The molecule has 0 amide bonds. The molecule has 2 aromatic heterocycles. The van der Waals surface area contributed by atoms with Crippen LogP contribution >= 0.6 is 0 Å². The van der Waals surface area contributed by atoms with Gasteiger partial charge in [0.2, 0.25) is 0 Å². The van der Waals surface area contributed by atoms with Crippen LogP contribution in [-0.2, 0) is 6.54 Å². The van der Waals surface area contributed by atoms with Crippen LogP contribution in [-0.4, -0.2) is 20.2 Å². The largest absolute Gasteiger partial charge is 0.381 e. The Kier molecular flexibility index (Phi) is 1.73. The molecule has 0 spiro atoms. The van der Waals surface area contributed by atoms with Gasteiger partial charge in [-0.05, 0) is 6.92 Å². The molecule has 2 heterocycles. The summed E-state index contributed by atoms with van der Waals surface area (Å²) in [5, 5.41) is 11.2. The molecule has 0 aliphatic rings. The summed E-state index contributed by atoms with van der Waals surface area (Å²) in [7, 11) is 0. The number of anilines is 1. The molecular formula is C7H9N5O. The fraction of sp³-hybridized carbons (Fsp3) is 0.286. The Morgan fingerprint density at radius 1 is 1.62 bits per heavy atom. The highest BCUT2D eigenvalue weighted by molar-refractivity contribution is 5.20. The van der Waals surface area contributed by atoms with E-state index in [2.05, 4.69) is 15.5 Å². The third-order valence-corrected chi connectivity index (χ3v) is 1.56. The summed E-state index contributed by atoms with van der Waals surface area (Å²) in [6.45, 7) is 2.37. The maximum absolute atomic E-state index is 5.40. The average Bonchev–Trinajstić information content (AvgIpc) is 2.62. The smallest absolute Gasteiger partial charge is 0.165 e. The van der Waals surface area contributed by atoms with Crippen LogP contribution in [0.4, 0.5) is 5.82 Å². The van der Waals surface area contributed by atoms with Gasteiger partial charge in [0, 0.05) is 6.07 Å². The standard InChI is InChI=1S/C7H9N5O/c1-5-2-6(10-13-5)3-12-4-7(8)9-11-12/h2,4H,3,8H2,1H3. The molecular weight excluding hydrogens is 170 g/mol. The van der Waals surface area contributed by atoms with Crippen molar-refractivity contribution in [1.29, 1.82) is 0 Å². The molecule has 2 aromatic rings. The third-order valence-electron chi connectivity index (χ3n) is 1.56. The fourth-order valence-electron chi connectivity index (χ4n) is 1.05. The number of hydrogen-bond acceptors (Lipinski definition) is 5. The van der Waals surface area contributed by atoms with Gasteiger partial charge in [-0.2, -0.15) is 0 Å². The first-order valence-electron chi connectivity index (χ1n) is 3.82. The Labute approximate surface area is 74.3 Å². The summed E-state index contributed by atoms with van der Waals surface area (Å²) in [4.78, 5) is 0. The number of nitrogens with zero attached hydrogens (tertiary/aromatic N) is 4. The average molecular weight is 179 g/mol. The number of nitrogen functional groups attached to an aromatic ring is 1. The number of hydrogen-bond donors (Lipinski definition) is 1. The lowest BCUT2D eigenvalue weighted by atomic mass is 10.4. The molecule has 6 nitrogen and oxygen atoms in total. The van der Waals surface area contributed by atoms with E-state index in [-0.39, 0.29) is 0 Å². The number of aryl methyl sites for hydroxylation is 1. The zero-order valence-corrected chi connectivity index (χ0v) is 7.14. The minimum Gasteiger partial charge on any atom is -0.381 e. The van der Waals surface area contributed by atoms with Gasteiger partial charge in [-0.15, -0.1) is 5.10 Å². The Balaban J connectivity index is 2.14. The molecule has 0 saturated carbocycles. The van der Waals surface area contributed by atoms with Gasteiger partial charge in [0.15, 0.2) is 5.82 Å². The quantitative estimate of drug-likeness (QED) is 0.712. The van der Waals surface area contributed by atoms with Crippen molar-refractivity contribution in [3.8, 4) is 0 Å². The van der Waals surface area contributed by atoms with E-state index in [1.807, 2.05) is 13.0 Å². The molecule has 13 heavy (non-hydrogen) atoms. The predicted octanol–water partition coefficient (Wildman–Crippen LogP) is 0.205. The molecule has 0 aliphatic heterocycles. The molecule has 0 atom stereocenters. The molecule has 0 aromatic carbocycles. The highest BCUT2D eigenvalue weighted by Crippen LogP contribution is 2.03. The number of rotatable bonds is 2. The van der Waals surface area contributed by atoms with Crippen molar-refractivity contribution in [1.82, 2.24) is 20.2 Å². The molecule has 6 heteroatoms. The Hall–Kier alpha value is -1.85. The van der Waals surface area contributed by atoms with Gasteiger partial charge in [0.25, 0.3) is 0 Å². The van der Waals surface area contributed by atoms with Crippen molar-refractivity contribution in [3.05, 3.63) is 23.7 Å². The van der Waals surface area contributed by atoms with E-state index >= 15 is 0 Å². The minimum absolute atomic E-state index is 0.403. The predicted molar refractivity (Wildman–Crippen MR) is 44.8 cm³/mol. The van der Waals surface area contributed by atoms with Gasteiger partial charge in [-0.3, -0.25) is 0 Å². The van der Waals surface area contributed by atoms with Gasteiger partial charge < -0.3 is 10.3 Å². The van der Waals surface area contributed by atoms with Crippen molar-refractivity contribution in [2.45, 2.75) is 13.5 Å². The molecule has 68 valence electrons. The van der Waals surface area contributed by atoms with Crippen molar-refractivity contribution < 1.29 is 4.52 Å². The molecule has 0 saturated heterocycles. The van der Waals surface area contributed by atoms with Crippen LogP contribution in [0.5, 0.6) is 0 Å². The molecule has 0 radical (unpaired) electrons. The molecule has 2 N–H and O–H groups in total. The zero-order valence-electron chi connectivity index (χ0n) is 7.14. The van der Waals surface area contributed by atoms with Crippen molar-refractivity contribution >= 4 is 5.82 Å². The lowest BCUT2D eigenvalue weighted by molar-refractivity contribution is 0.387. The van der Waals surface area contributed by atoms with Gasteiger partial charge in [0.1, 0.15) is 11.5 Å². The molecule has 0 fully saturated rings. The van der Waals surface area contributed by atoms with Crippen LogP contribution < -0.4 is 5.73 Å². The van der Waals surface area contributed by atoms with Crippen molar-refractivity contribution in [3.63, 3.8) is 0 Å². The van der Waals surface area contributed by atoms with Crippen LogP contribution in [0.3, 0.4) is 0 Å². The Morgan fingerprint density at radius 3 is 3.00 bits per heavy atom. The summed E-state index contributed by atoms with van der Waals surface area (Å²) in [6.07, 6.45) is 1.64. The minimum atomic E-state index is 0.403. The van der Waals surface area contributed by atoms with E-state index in [1.165, 1.54) is 0 Å². The van der Waals surface area contributed by atoms with Crippen molar-refractivity contribution in [2.24, 2.45) is 0 Å². The second kappa shape index (κ2) is 2.89. The normalized spacial score (nSPS) is 10.5. The summed E-state index contributed by atoms with van der Waals surface area (Å²) < 4.78 is 6.50. The van der Waals surface area contributed by atoms with E-state index in [0.29, 0.717) is 12.4 Å². The first-order valence-corrected chi connectivity index (χ1v) is 3.82. The molecule has 2 rings (SSSR count). The first kappa shape index (κ1) is 7.78. The molecule has 0 aliphatic carbocycles. The van der Waals surface area contributed by atoms with Gasteiger partial charge in [-0.25, -0.2) is 4.68 Å². The SMILES string of the molecule is Cc1cc(Cn2cc(N)nn2)no1. The second-order valence-corrected chi connectivity index (χ2v) is 2.77. The van der Waals surface area contributed by atoms with Gasteiger partial charge >= 0.3 is 0 Å². The van der Waals surface area contributed by atoms with Crippen LogP contribution in [0.15, 0.2) is 16.8 Å².